The third-order valence-corrected chi connectivity index (χ3v) is 3.52. The van der Waals surface area contributed by atoms with Crippen LogP contribution in [0.25, 0.3) is 0 Å². The van der Waals surface area contributed by atoms with Crippen LogP contribution in [0.2, 0.25) is 0 Å². The van der Waals surface area contributed by atoms with E-state index in [2.05, 4.69) is 29.6 Å². The number of unbranched alkanes of at least 4 members (excludes halogenated alkanes) is 2. The highest BCUT2D eigenvalue weighted by atomic mass is 16.6. The van der Waals surface area contributed by atoms with Crippen molar-refractivity contribution in [2.75, 3.05) is 5.32 Å². The molecule has 1 aromatic heterocycles. The van der Waals surface area contributed by atoms with Gasteiger partial charge in [-0.3, -0.25) is 10.00 Å². The molecule has 0 fully saturated rings. The second-order valence-corrected chi connectivity index (χ2v) is 7.05. The van der Waals surface area contributed by atoms with Gasteiger partial charge in [-0.2, -0.15) is 5.10 Å². The van der Waals surface area contributed by atoms with Crippen molar-refractivity contribution in [3.8, 4) is 0 Å². The zero-order valence-corrected chi connectivity index (χ0v) is 15.4. The fourth-order valence-electron chi connectivity index (χ4n) is 2.26. The Labute approximate surface area is 140 Å². The van der Waals surface area contributed by atoms with Gasteiger partial charge in [-0.25, -0.2) is 4.79 Å². The summed E-state index contributed by atoms with van der Waals surface area (Å²) in [5.74, 6) is 0.674. The quantitative estimate of drug-likeness (QED) is 0.713. The van der Waals surface area contributed by atoms with Crippen LogP contribution in [0.5, 0.6) is 0 Å². The maximum Gasteiger partial charge on any atom is 0.413 e. The summed E-state index contributed by atoms with van der Waals surface area (Å²) in [6.07, 6.45) is 6.21. The third kappa shape index (κ3) is 7.50. The van der Waals surface area contributed by atoms with Gasteiger partial charge in [0.05, 0.1) is 6.20 Å². The van der Waals surface area contributed by atoms with E-state index in [9.17, 15) is 4.79 Å². The van der Waals surface area contributed by atoms with E-state index < -0.39 is 11.7 Å². The first kappa shape index (κ1) is 19.5. The third-order valence-electron chi connectivity index (χ3n) is 3.52. The van der Waals surface area contributed by atoms with E-state index in [1.165, 1.54) is 19.3 Å². The molecule has 1 heterocycles. The number of amides is 1. The fourth-order valence-corrected chi connectivity index (χ4v) is 2.26. The van der Waals surface area contributed by atoms with Gasteiger partial charge in [0.2, 0.25) is 0 Å². The molecule has 1 unspecified atom stereocenters. The molecule has 0 aliphatic rings. The maximum atomic E-state index is 11.9. The minimum atomic E-state index is -0.519. The Morgan fingerprint density at radius 2 is 2.09 bits per heavy atom. The molecule has 0 saturated carbocycles. The first-order valence-electron chi connectivity index (χ1n) is 8.47. The van der Waals surface area contributed by atoms with Crippen molar-refractivity contribution in [2.45, 2.75) is 78.5 Å². The number of hydrogen-bond donors (Lipinski definition) is 2. The maximum absolute atomic E-state index is 11.9. The van der Waals surface area contributed by atoms with Gasteiger partial charge in [0, 0.05) is 25.2 Å². The summed E-state index contributed by atoms with van der Waals surface area (Å²) in [6.45, 7) is 10.6. The number of hydrogen-bond acceptors (Lipinski definition) is 4. The molecular weight excluding hydrogens is 292 g/mol. The van der Waals surface area contributed by atoms with E-state index in [-0.39, 0.29) is 0 Å². The standard InChI is InChI=1S/C17H32N4O2/c1-7-8-9-10-13(2)18-11-14-12-19-21(6)15(14)20-16(22)23-17(3,4)5/h12-13,18H,7-11H2,1-6H3,(H,20,22). The summed E-state index contributed by atoms with van der Waals surface area (Å²) >= 11 is 0. The summed E-state index contributed by atoms with van der Waals surface area (Å²) in [6, 6.07) is 0.441. The molecule has 0 radical (unpaired) electrons. The number of nitrogens with one attached hydrogen (secondary N) is 2. The number of carbonyl (C=O) groups excluding carboxylic acids is 1. The largest absolute Gasteiger partial charge is 0.444 e. The van der Waals surface area contributed by atoms with Crippen molar-refractivity contribution in [3.63, 3.8) is 0 Å². The molecule has 0 bridgehead atoms. The van der Waals surface area contributed by atoms with Crippen molar-refractivity contribution in [1.29, 1.82) is 0 Å². The van der Waals surface area contributed by atoms with E-state index in [4.69, 9.17) is 4.74 Å². The molecule has 1 amide bonds. The number of carbonyl (C=O) groups is 1. The number of nitrogens with zero attached hydrogens (tertiary/aromatic N) is 2. The van der Waals surface area contributed by atoms with Crippen LogP contribution in [-0.2, 0) is 18.3 Å². The Morgan fingerprint density at radius 1 is 1.39 bits per heavy atom. The smallest absolute Gasteiger partial charge is 0.413 e. The molecular formula is C17H32N4O2. The number of anilines is 1. The predicted octanol–water partition coefficient (Wildman–Crippen LogP) is 3.83. The normalized spacial score (nSPS) is 13.0. The minimum absolute atomic E-state index is 0.441. The van der Waals surface area contributed by atoms with Crippen LogP contribution < -0.4 is 10.6 Å². The van der Waals surface area contributed by atoms with Crippen molar-refractivity contribution < 1.29 is 9.53 Å². The van der Waals surface area contributed by atoms with Crippen LogP contribution in [0.1, 0.15) is 65.9 Å². The van der Waals surface area contributed by atoms with Gasteiger partial charge < -0.3 is 10.1 Å². The number of ether oxygens (including phenoxy) is 1. The molecule has 0 aromatic carbocycles. The van der Waals surface area contributed by atoms with E-state index in [0.29, 0.717) is 18.4 Å². The Kier molecular flexibility index (Phi) is 7.55. The van der Waals surface area contributed by atoms with E-state index >= 15 is 0 Å². The van der Waals surface area contributed by atoms with Crippen molar-refractivity contribution in [3.05, 3.63) is 11.8 Å². The molecule has 1 aromatic rings. The monoisotopic (exact) mass is 324 g/mol. The van der Waals surface area contributed by atoms with Gasteiger partial charge in [0.1, 0.15) is 11.4 Å². The second kappa shape index (κ2) is 8.91. The Balaban J connectivity index is 2.56. The second-order valence-electron chi connectivity index (χ2n) is 7.05. The van der Waals surface area contributed by atoms with Crippen LogP contribution in [0.3, 0.4) is 0 Å². The SMILES string of the molecule is CCCCCC(C)NCc1cnn(C)c1NC(=O)OC(C)(C)C. The van der Waals surface area contributed by atoms with Crippen molar-refractivity contribution in [1.82, 2.24) is 15.1 Å². The lowest BCUT2D eigenvalue weighted by Gasteiger charge is -2.20. The van der Waals surface area contributed by atoms with Gasteiger partial charge in [-0.1, -0.05) is 26.2 Å². The molecule has 1 rings (SSSR count). The van der Waals surface area contributed by atoms with Gasteiger partial charge in [-0.05, 0) is 34.1 Å². The minimum Gasteiger partial charge on any atom is -0.444 e. The molecule has 0 saturated heterocycles. The van der Waals surface area contributed by atoms with Crippen molar-refractivity contribution >= 4 is 11.9 Å². The average molecular weight is 324 g/mol. The van der Waals surface area contributed by atoms with Crippen LogP contribution in [0, 0.1) is 0 Å². The highest BCUT2D eigenvalue weighted by Crippen LogP contribution is 2.16. The Hall–Kier alpha value is -1.56. The van der Waals surface area contributed by atoms with Gasteiger partial charge >= 0.3 is 6.09 Å². The van der Waals surface area contributed by atoms with Crippen LogP contribution >= 0.6 is 0 Å². The van der Waals surface area contributed by atoms with Gasteiger partial charge in [0.15, 0.2) is 0 Å². The molecule has 6 nitrogen and oxygen atoms in total. The number of aryl methyl sites for hydroxylation is 1. The first-order chi connectivity index (χ1) is 10.7. The molecule has 1 atom stereocenters. The molecule has 6 heteroatoms. The number of rotatable bonds is 8. The predicted molar refractivity (Wildman–Crippen MR) is 93.5 cm³/mol. The molecule has 132 valence electrons. The highest BCUT2D eigenvalue weighted by molar-refractivity contribution is 5.84. The summed E-state index contributed by atoms with van der Waals surface area (Å²) in [7, 11) is 1.81. The first-order valence-corrected chi connectivity index (χ1v) is 8.47. The lowest BCUT2D eigenvalue weighted by atomic mass is 10.1. The lowest BCUT2D eigenvalue weighted by molar-refractivity contribution is 0.0634. The molecule has 23 heavy (non-hydrogen) atoms. The van der Waals surface area contributed by atoms with Crippen LogP contribution in [0.4, 0.5) is 10.6 Å². The number of aromatic nitrogens is 2. The summed E-state index contributed by atoms with van der Waals surface area (Å²) in [5, 5.41) is 10.5. The van der Waals surface area contributed by atoms with Crippen LogP contribution in [0.15, 0.2) is 6.20 Å². The van der Waals surface area contributed by atoms with Crippen molar-refractivity contribution in [2.24, 2.45) is 7.05 Å². The zero-order valence-electron chi connectivity index (χ0n) is 15.4. The summed E-state index contributed by atoms with van der Waals surface area (Å²) < 4.78 is 6.96. The molecule has 0 spiro atoms. The zero-order chi connectivity index (χ0) is 17.5. The Morgan fingerprint density at radius 3 is 2.70 bits per heavy atom. The topological polar surface area (TPSA) is 68.2 Å². The van der Waals surface area contributed by atoms with Gasteiger partial charge in [-0.15, -0.1) is 0 Å². The summed E-state index contributed by atoms with van der Waals surface area (Å²) in [5.41, 5.74) is 0.440. The molecule has 0 aliphatic carbocycles. The Bertz CT molecular complexity index is 491. The average Bonchev–Trinajstić information content (AvgIpc) is 2.76. The molecule has 0 aliphatic heterocycles. The van der Waals surface area contributed by atoms with E-state index in [1.54, 1.807) is 17.9 Å². The lowest BCUT2D eigenvalue weighted by Crippen LogP contribution is -2.29. The van der Waals surface area contributed by atoms with E-state index in [0.717, 1.165) is 12.0 Å². The van der Waals surface area contributed by atoms with Gasteiger partial charge in [0.25, 0.3) is 0 Å². The van der Waals surface area contributed by atoms with Crippen LogP contribution in [-0.4, -0.2) is 27.5 Å². The fraction of sp³-hybridized carbons (Fsp3) is 0.765. The molecule has 2 N–H and O–H groups in total. The summed E-state index contributed by atoms with van der Waals surface area (Å²) in [4.78, 5) is 11.9. The van der Waals surface area contributed by atoms with E-state index in [1.807, 2.05) is 20.8 Å². The highest BCUT2D eigenvalue weighted by Gasteiger charge is 2.19.